The number of carboxylic acids is 1. The zero-order valence-corrected chi connectivity index (χ0v) is 13.0. The smallest absolute Gasteiger partial charge is 0.328 e. The van der Waals surface area contributed by atoms with Crippen LogP contribution in [0.5, 0.6) is 17.2 Å². The van der Waals surface area contributed by atoms with Gasteiger partial charge in [0, 0.05) is 0 Å². The van der Waals surface area contributed by atoms with E-state index in [0.29, 0.717) is 11.5 Å². The van der Waals surface area contributed by atoms with Gasteiger partial charge in [0.15, 0.2) is 16.9 Å². The lowest BCUT2D eigenvalue weighted by Crippen LogP contribution is -2.39. The van der Waals surface area contributed by atoms with E-state index in [1.165, 1.54) is 6.92 Å². The number of hydrogen-bond acceptors (Lipinski definition) is 4. The first-order valence-corrected chi connectivity index (χ1v) is 7.25. The molecular weight excluding hydrogens is 296 g/mol. The number of carboxylic acid groups (broad SMARTS) is 1. The molecule has 23 heavy (non-hydrogen) atoms. The highest BCUT2D eigenvalue weighted by atomic mass is 16.6. The highest BCUT2D eigenvalue weighted by molar-refractivity contribution is 5.99. The number of ether oxygens (including phenoxy) is 2. The van der Waals surface area contributed by atoms with Crippen LogP contribution < -0.4 is 9.47 Å². The minimum Gasteiger partial charge on any atom is -0.480 e. The number of esters is 1. The van der Waals surface area contributed by atoms with Gasteiger partial charge in [-0.15, -0.1) is 0 Å². The van der Waals surface area contributed by atoms with E-state index in [1.807, 2.05) is 18.2 Å². The van der Waals surface area contributed by atoms with E-state index in [2.05, 4.69) is 0 Å². The molecule has 0 aromatic heterocycles. The minimum absolute atomic E-state index is 0.128. The van der Waals surface area contributed by atoms with Gasteiger partial charge in [0.05, 0.1) is 0 Å². The van der Waals surface area contributed by atoms with Crippen molar-refractivity contribution in [3.05, 3.63) is 54.6 Å². The van der Waals surface area contributed by atoms with Crippen molar-refractivity contribution in [2.45, 2.75) is 20.3 Å². The van der Waals surface area contributed by atoms with Crippen LogP contribution in [-0.4, -0.2) is 17.0 Å². The molecular formula is C18H18O5. The Hall–Kier alpha value is -2.82. The van der Waals surface area contributed by atoms with Gasteiger partial charge in [-0.1, -0.05) is 37.3 Å². The molecule has 1 unspecified atom stereocenters. The second-order valence-corrected chi connectivity index (χ2v) is 5.24. The summed E-state index contributed by atoms with van der Waals surface area (Å²) in [5, 5.41) is 9.25. The zero-order valence-electron chi connectivity index (χ0n) is 13.0. The summed E-state index contributed by atoms with van der Waals surface area (Å²) in [7, 11) is 0. The van der Waals surface area contributed by atoms with Crippen molar-refractivity contribution in [3.63, 3.8) is 0 Å². The zero-order chi connectivity index (χ0) is 16.9. The van der Waals surface area contributed by atoms with Crippen LogP contribution in [0, 0.1) is 5.41 Å². The van der Waals surface area contributed by atoms with Gasteiger partial charge in [0.25, 0.3) is 0 Å². The molecule has 0 saturated heterocycles. The van der Waals surface area contributed by atoms with E-state index in [4.69, 9.17) is 9.47 Å². The topological polar surface area (TPSA) is 72.8 Å². The SMILES string of the molecule is CCC(C)(C(=O)O)C(=O)Oc1ccccc1Oc1ccccc1. The molecule has 0 bridgehead atoms. The predicted molar refractivity (Wildman–Crippen MR) is 84.6 cm³/mol. The van der Waals surface area contributed by atoms with Gasteiger partial charge in [-0.3, -0.25) is 9.59 Å². The van der Waals surface area contributed by atoms with Gasteiger partial charge in [0.1, 0.15) is 5.75 Å². The summed E-state index contributed by atoms with van der Waals surface area (Å²) < 4.78 is 11.0. The average Bonchev–Trinajstić information content (AvgIpc) is 2.56. The number of carbonyl (C=O) groups excluding carboxylic acids is 1. The summed E-state index contributed by atoms with van der Waals surface area (Å²) in [4.78, 5) is 23.6. The molecule has 120 valence electrons. The number of benzene rings is 2. The Labute approximate surface area is 134 Å². The first-order valence-electron chi connectivity index (χ1n) is 7.25. The molecule has 1 atom stereocenters. The van der Waals surface area contributed by atoms with Crippen LogP contribution in [0.25, 0.3) is 0 Å². The normalized spacial score (nSPS) is 13.0. The Morgan fingerprint density at radius 1 is 1.00 bits per heavy atom. The number of para-hydroxylation sites is 3. The van der Waals surface area contributed by atoms with E-state index in [9.17, 15) is 14.7 Å². The monoisotopic (exact) mass is 314 g/mol. The number of aliphatic carboxylic acids is 1. The van der Waals surface area contributed by atoms with Gasteiger partial charge in [-0.05, 0) is 37.6 Å². The van der Waals surface area contributed by atoms with Gasteiger partial charge in [0.2, 0.25) is 0 Å². The quantitative estimate of drug-likeness (QED) is 0.497. The summed E-state index contributed by atoms with van der Waals surface area (Å²) in [6, 6.07) is 15.7. The van der Waals surface area contributed by atoms with E-state index < -0.39 is 17.4 Å². The molecule has 2 rings (SSSR count). The van der Waals surface area contributed by atoms with Gasteiger partial charge in [-0.2, -0.15) is 0 Å². The van der Waals surface area contributed by atoms with Crippen molar-refractivity contribution in [3.8, 4) is 17.2 Å². The lowest BCUT2D eigenvalue weighted by atomic mass is 9.88. The molecule has 0 fully saturated rings. The maximum atomic E-state index is 12.3. The van der Waals surface area contributed by atoms with Crippen molar-refractivity contribution in [2.24, 2.45) is 5.41 Å². The average molecular weight is 314 g/mol. The maximum absolute atomic E-state index is 12.3. The molecule has 0 aliphatic carbocycles. The maximum Gasteiger partial charge on any atom is 0.328 e. The molecule has 2 aromatic rings. The minimum atomic E-state index is -1.60. The fourth-order valence-electron chi connectivity index (χ4n) is 1.83. The van der Waals surface area contributed by atoms with Crippen LogP contribution in [0.15, 0.2) is 54.6 Å². The molecule has 0 radical (unpaired) electrons. The van der Waals surface area contributed by atoms with Crippen molar-refractivity contribution < 1.29 is 24.2 Å². The molecule has 5 heteroatoms. The van der Waals surface area contributed by atoms with Crippen LogP contribution in [0.1, 0.15) is 20.3 Å². The van der Waals surface area contributed by atoms with Crippen LogP contribution in [-0.2, 0) is 9.59 Å². The van der Waals surface area contributed by atoms with Crippen molar-refractivity contribution in [2.75, 3.05) is 0 Å². The van der Waals surface area contributed by atoms with Gasteiger partial charge >= 0.3 is 11.9 Å². The van der Waals surface area contributed by atoms with Crippen molar-refractivity contribution >= 4 is 11.9 Å². The van der Waals surface area contributed by atoms with Crippen LogP contribution in [0.2, 0.25) is 0 Å². The lowest BCUT2D eigenvalue weighted by molar-refractivity contribution is -0.161. The molecule has 0 aliphatic rings. The second-order valence-electron chi connectivity index (χ2n) is 5.24. The molecule has 0 amide bonds. The Bertz CT molecular complexity index is 696. The van der Waals surface area contributed by atoms with Crippen LogP contribution in [0.4, 0.5) is 0 Å². The van der Waals surface area contributed by atoms with Crippen LogP contribution >= 0.6 is 0 Å². The number of carbonyl (C=O) groups is 2. The van der Waals surface area contributed by atoms with Crippen molar-refractivity contribution in [1.29, 1.82) is 0 Å². The Kier molecular flexibility index (Phi) is 5.01. The van der Waals surface area contributed by atoms with Crippen molar-refractivity contribution in [1.82, 2.24) is 0 Å². The summed E-state index contributed by atoms with van der Waals surface area (Å²) in [5.74, 6) is -0.922. The van der Waals surface area contributed by atoms with Crippen LogP contribution in [0.3, 0.4) is 0 Å². The Balaban J connectivity index is 2.24. The van der Waals surface area contributed by atoms with E-state index in [0.717, 1.165) is 0 Å². The van der Waals surface area contributed by atoms with Gasteiger partial charge < -0.3 is 14.6 Å². The summed E-state index contributed by atoms with van der Waals surface area (Å²) >= 11 is 0. The standard InChI is InChI=1S/C18H18O5/c1-3-18(2,16(19)20)17(21)23-15-12-8-7-11-14(15)22-13-9-5-4-6-10-13/h4-12H,3H2,1-2H3,(H,19,20). The summed E-state index contributed by atoms with van der Waals surface area (Å²) in [5.41, 5.74) is -1.60. The lowest BCUT2D eigenvalue weighted by Gasteiger charge is -2.21. The largest absolute Gasteiger partial charge is 0.480 e. The highest BCUT2D eigenvalue weighted by Gasteiger charge is 2.41. The van der Waals surface area contributed by atoms with E-state index in [1.54, 1.807) is 43.3 Å². The Morgan fingerprint density at radius 3 is 2.13 bits per heavy atom. The predicted octanol–water partition coefficient (Wildman–Crippen LogP) is 3.89. The third-order valence-corrected chi connectivity index (χ3v) is 3.65. The highest BCUT2D eigenvalue weighted by Crippen LogP contribution is 2.33. The molecule has 0 saturated carbocycles. The molecule has 0 aliphatic heterocycles. The van der Waals surface area contributed by atoms with Gasteiger partial charge in [-0.25, -0.2) is 0 Å². The Morgan fingerprint density at radius 2 is 1.57 bits per heavy atom. The molecule has 5 nitrogen and oxygen atoms in total. The first kappa shape index (κ1) is 16.5. The fraction of sp³-hybridized carbons (Fsp3) is 0.222. The summed E-state index contributed by atoms with van der Waals surface area (Å²) in [6.45, 7) is 2.97. The van der Waals surface area contributed by atoms with E-state index >= 15 is 0 Å². The molecule has 0 heterocycles. The van der Waals surface area contributed by atoms with E-state index in [-0.39, 0.29) is 12.2 Å². The first-order chi connectivity index (χ1) is 11.0. The number of rotatable bonds is 6. The second kappa shape index (κ2) is 6.96. The fourth-order valence-corrected chi connectivity index (χ4v) is 1.83. The third-order valence-electron chi connectivity index (χ3n) is 3.65. The molecule has 0 spiro atoms. The summed E-state index contributed by atoms with van der Waals surface area (Å²) in [6.07, 6.45) is 0.128. The number of hydrogen-bond donors (Lipinski definition) is 1. The molecule has 2 aromatic carbocycles. The molecule has 1 N–H and O–H groups in total. The third kappa shape index (κ3) is 3.69.